The lowest BCUT2D eigenvalue weighted by Gasteiger charge is -2.23. The Balaban J connectivity index is 2.81. The second kappa shape index (κ2) is 2.08. The fraction of sp³-hybridized carbons (Fsp3) is 0.889. The highest BCUT2D eigenvalue weighted by Gasteiger charge is 2.41. The highest BCUT2D eigenvalue weighted by Crippen LogP contribution is 2.43. The molecular weight excluding hydrogens is 124 g/mol. The van der Waals surface area contributed by atoms with Gasteiger partial charge in [-0.05, 0) is 11.3 Å². The number of carbonyl (C=O) groups excluding carboxylic acids is 1. The predicted molar refractivity (Wildman–Crippen MR) is 41.7 cm³/mol. The summed E-state index contributed by atoms with van der Waals surface area (Å²) in [7, 11) is 0. The van der Waals surface area contributed by atoms with Gasteiger partial charge in [-0.2, -0.15) is 0 Å². The lowest BCUT2D eigenvalue weighted by Crippen LogP contribution is -2.17. The van der Waals surface area contributed by atoms with Crippen LogP contribution >= 0.6 is 0 Å². The van der Waals surface area contributed by atoms with Gasteiger partial charge in [-0.1, -0.05) is 27.7 Å². The molecule has 1 heteroatoms. The predicted octanol–water partition coefficient (Wildman–Crippen LogP) is 2.26. The van der Waals surface area contributed by atoms with Gasteiger partial charge in [0.25, 0.3) is 0 Å². The van der Waals surface area contributed by atoms with Crippen LogP contribution in [0.2, 0.25) is 0 Å². The molecule has 0 aromatic carbocycles. The van der Waals surface area contributed by atoms with Crippen LogP contribution in [0.25, 0.3) is 0 Å². The number of hydrogen-bond donors (Lipinski definition) is 0. The van der Waals surface area contributed by atoms with E-state index < -0.39 is 0 Å². The maximum absolute atomic E-state index is 11.2. The summed E-state index contributed by atoms with van der Waals surface area (Å²) in [5.74, 6) is 1.28. The van der Waals surface area contributed by atoms with Crippen LogP contribution in [0.3, 0.4) is 0 Å². The maximum atomic E-state index is 11.2. The molecule has 10 heavy (non-hydrogen) atoms. The lowest BCUT2D eigenvalue weighted by atomic mass is 9.81. The van der Waals surface area contributed by atoms with Gasteiger partial charge in [0.2, 0.25) is 0 Å². The second-order valence-corrected chi connectivity index (χ2v) is 4.21. The zero-order chi connectivity index (χ0) is 7.94. The van der Waals surface area contributed by atoms with Crippen LogP contribution in [0.1, 0.15) is 34.1 Å². The van der Waals surface area contributed by atoms with E-state index in [1.807, 2.05) is 6.92 Å². The summed E-state index contributed by atoms with van der Waals surface area (Å²) in [4.78, 5) is 11.2. The smallest absolute Gasteiger partial charge is 0.136 e. The van der Waals surface area contributed by atoms with Crippen LogP contribution in [-0.4, -0.2) is 5.78 Å². The summed E-state index contributed by atoms with van der Waals surface area (Å²) in [6.07, 6.45) is 0.773. The van der Waals surface area contributed by atoms with E-state index in [1.165, 1.54) is 0 Å². The number of carbonyl (C=O) groups is 1. The summed E-state index contributed by atoms with van der Waals surface area (Å²) in [5, 5.41) is 0. The van der Waals surface area contributed by atoms with Gasteiger partial charge >= 0.3 is 0 Å². The van der Waals surface area contributed by atoms with Crippen LogP contribution in [0.15, 0.2) is 0 Å². The molecule has 0 N–H and O–H groups in total. The molecule has 0 spiro atoms. The van der Waals surface area contributed by atoms with Gasteiger partial charge in [-0.3, -0.25) is 4.79 Å². The van der Waals surface area contributed by atoms with Gasteiger partial charge in [-0.25, -0.2) is 0 Å². The van der Waals surface area contributed by atoms with Gasteiger partial charge in [0.1, 0.15) is 5.78 Å². The third-order valence-corrected chi connectivity index (χ3v) is 3.12. The summed E-state index contributed by atoms with van der Waals surface area (Å²) in [5.41, 5.74) is 0.247. The van der Waals surface area contributed by atoms with Crippen LogP contribution in [0, 0.1) is 17.3 Å². The van der Waals surface area contributed by atoms with E-state index in [2.05, 4.69) is 20.8 Å². The van der Waals surface area contributed by atoms with Crippen molar-refractivity contribution in [2.45, 2.75) is 34.1 Å². The number of hydrogen-bond acceptors (Lipinski definition) is 1. The van der Waals surface area contributed by atoms with Gasteiger partial charge in [-0.15, -0.1) is 0 Å². The minimum atomic E-state index is 0.247. The van der Waals surface area contributed by atoms with E-state index in [0.29, 0.717) is 11.7 Å². The van der Waals surface area contributed by atoms with E-state index >= 15 is 0 Å². The third-order valence-electron chi connectivity index (χ3n) is 3.12. The Bertz CT molecular complexity index is 158. The first-order valence-electron chi connectivity index (χ1n) is 3.98. The molecule has 0 radical (unpaired) electrons. The zero-order valence-electron chi connectivity index (χ0n) is 7.27. The molecule has 0 unspecified atom stereocenters. The van der Waals surface area contributed by atoms with Gasteiger partial charge in [0, 0.05) is 12.3 Å². The standard InChI is InChI=1S/C9H16O/c1-6-7(2)9(3,4)5-8(6)10/h6-7H,5H2,1-4H3/t6-,7+/m0/s1. The minimum absolute atomic E-state index is 0.247. The van der Waals surface area contributed by atoms with E-state index in [0.717, 1.165) is 6.42 Å². The molecule has 1 rings (SSSR count). The lowest BCUT2D eigenvalue weighted by molar-refractivity contribution is -0.120. The first-order valence-corrected chi connectivity index (χ1v) is 3.98. The summed E-state index contributed by atoms with van der Waals surface area (Å²) < 4.78 is 0. The van der Waals surface area contributed by atoms with Gasteiger partial charge in [0.05, 0.1) is 0 Å². The monoisotopic (exact) mass is 140 g/mol. The molecule has 0 aliphatic heterocycles. The third kappa shape index (κ3) is 0.979. The van der Waals surface area contributed by atoms with Crippen LogP contribution in [-0.2, 0) is 4.79 Å². The normalized spacial score (nSPS) is 38.6. The van der Waals surface area contributed by atoms with Crippen molar-refractivity contribution in [2.24, 2.45) is 17.3 Å². The van der Waals surface area contributed by atoms with Crippen molar-refractivity contribution in [3.8, 4) is 0 Å². The molecule has 1 fully saturated rings. The average molecular weight is 140 g/mol. The maximum Gasteiger partial charge on any atom is 0.136 e. The molecule has 0 aromatic rings. The van der Waals surface area contributed by atoms with Crippen molar-refractivity contribution >= 4 is 5.78 Å². The molecule has 0 aromatic heterocycles. The van der Waals surface area contributed by atoms with E-state index in [4.69, 9.17) is 0 Å². The van der Waals surface area contributed by atoms with Crippen LogP contribution < -0.4 is 0 Å². The fourth-order valence-corrected chi connectivity index (χ4v) is 1.73. The number of rotatable bonds is 0. The van der Waals surface area contributed by atoms with Crippen molar-refractivity contribution in [2.75, 3.05) is 0 Å². The molecule has 0 saturated heterocycles. The molecule has 0 amide bonds. The zero-order valence-corrected chi connectivity index (χ0v) is 7.27. The molecule has 0 bridgehead atoms. The van der Waals surface area contributed by atoms with Crippen molar-refractivity contribution in [3.05, 3.63) is 0 Å². The SMILES string of the molecule is C[C@@H]1C(=O)CC(C)(C)[C@@H]1C. The summed E-state index contributed by atoms with van der Waals surface area (Å²) >= 11 is 0. The molecular formula is C9H16O. The van der Waals surface area contributed by atoms with E-state index in [-0.39, 0.29) is 11.3 Å². The van der Waals surface area contributed by atoms with E-state index in [1.54, 1.807) is 0 Å². The largest absolute Gasteiger partial charge is 0.299 e. The molecule has 1 aliphatic rings. The molecule has 2 atom stereocenters. The quantitative estimate of drug-likeness (QED) is 0.504. The second-order valence-electron chi connectivity index (χ2n) is 4.21. The molecule has 1 aliphatic carbocycles. The Morgan fingerprint density at radius 1 is 1.40 bits per heavy atom. The van der Waals surface area contributed by atoms with Crippen molar-refractivity contribution in [3.63, 3.8) is 0 Å². The highest BCUT2D eigenvalue weighted by atomic mass is 16.1. The Hall–Kier alpha value is -0.330. The fourth-order valence-electron chi connectivity index (χ4n) is 1.73. The Morgan fingerprint density at radius 3 is 2.00 bits per heavy atom. The summed E-state index contributed by atoms with van der Waals surface area (Å²) in [6.45, 7) is 8.58. The van der Waals surface area contributed by atoms with Crippen molar-refractivity contribution in [1.29, 1.82) is 0 Å². The Morgan fingerprint density at radius 2 is 1.90 bits per heavy atom. The number of ketones is 1. The first kappa shape index (κ1) is 7.77. The molecule has 0 heterocycles. The molecule has 58 valence electrons. The van der Waals surface area contributed by atoms with Gasteiger partial charge in [0.15, 0.2) is 0 Å². The van der Waals surface area contributed by atoms with Crippen LogP contribution in [0.4, 0.5) is 0 Å². The topological polar surface area (TPSA) is 17.1 Å². The molecule has 1 saturated carbocycles. The number of Topliss-reactive ketones (excluding diaryl/α,β-unsaturated/α-hetero) is 1. The van der Waals surface area contributed by atoms with E-state index in [9.17, 15) is 4.79 Å². The average Bonchev–Trinajstić information content (AvgIpc) is 1.95. The Labute approximate surface area is 62.8 Å². The minimum Gasteiger partial charge on any atom is -0.299 e. The highest BCUT2D eigenvalue weighted by molar-refractivity contribution is 5.84. The Kier molecular flexibility index (Phi) is 1.61. The molecule has 1 nitrogen and oxygen atoms in total. The van der Waals surface area contributed by atoms with Crippen molar-refractivity contribution < 1.29 is 4.79 Å². The van der Waals surface area contributed by atoms with Crippen LogP contribution in [0.5, 0.6) is 0 Å². The summed E-state index contributed by atoms with van der Waals surface area (Å²) in [6, 6.07) is 0. The first-order chi connectivity index (χ1) is 4.45. The van der Waals surface area contributed by atoms with Gasteiger partial charge < -0.3 is 0 Å². The van der Waals surface area contributed by atoms with Crippen molar-refractivity contribution in [1.82, 2.24) is 0 Å².